The summed E-state index contributed by atoms with van der Waals surface area (Å²) >= 11 is 0. The molecule has 0 aromatic carbocycles. The second-order valence-electron chi connectivity index (χ2n) is 15.1. The smallest absolute Gasteiger partial charge is 0.306 e. The lowest BCUT2D eigenvalue weighted by Crippen LogP contribution is -2.30. The largest absolute Gasteiger partial charge is 0.462 e. The minimum absolute atomic E-state index is 0.117. The fraction of sp³-hybridized carbons (Fsp3) is 0.604. The van der Waals surface area contributed by atoms with Gasteiger partial charge in [-0.25, -0.2) is 0 Å². The molecule has 0 bridgehead atoms. The number of ether oxygens (including phenoxy) is 3. The van der Waals surface area contributed by atoms with Crippen LogP contribution in [0, 0.1) is 0 Å². The first-order valence-electron chi connectivity index (χ1n) is 23.5. The van der Waals surface area contributed by atoms with E-state index in [0.717, 1.165) is 77.0 Å². The van der Waals surface area contributed by atoms with Crippen molar-refractivity contribution in [1.82, 2.24) is 0 Å². The van der Waals surface area contributed by atoms with Crippen LogP contribution < -0.4 is 0 Å². The lowest BCUT2D eigenvalue weighted by atomic mass is 10.1. The van der Waals surface area contributed by atoms with E-state index in [0.29, 0.717) is 19.3 Å². The molecule has 1 atom stereocenters. The normalized spacial score (nSPS) is 13.1. The summed E-state index contributed by atoms with van der Waals surface area (Å²) in [7, 11) is 0. The van der Waals surface area contributed by atoms with Crippen LogP contribution in [0.1, 0.15) is 188 Å². The Bertz CT molecular complexity index is 1260. The van der Waals surface area contributed by atoms with Gasteiger partial charge in [0.15, 0.2) is 6.10 Å². The van der Waals surface area contributed by atoms with Crippen LogP contribution in [0.3, 0.4) is 0 Å². The van der Waals surface area contributed by atoms with Crippen LogP contribution in [0.2, 0.25) is 0 Å². The molecule has 0 saturated carbocycles. The van der Waals surface area contributed by atoms with Crippen LogP contribution in [0.15, 0.2) is 109 Å². The van der Waals surface area contributed by atoms with E-state index in [1.165, 1.54) is 64.2 Å². The molecule has 0 saturated heterocycles. The Hall–Kier alpha value is -3.93. The van der Waals surface area contributed by atoms with Crippen molar-refractivity contribution in [3.05, 3.63) is 109 Å². The second kappa shape index (κ2) is 46.8. The highest BCUT2D eigenvalue weighted by Crippen LogP contribution is 2.11. The van der Waals surface area contributed by atoms with Gasteiger partial charge in [-0.2, -0.15) is 0 Å². The molecule has 0 fully saturated rings. The third kappa shape index (κ3) is 45.0. The van der Waals surface area contributed by atoms with Crippen LogP contribution in [-0.2, 0) is 28.6 Å². The molecule has 6 nitrogen and oxygen atoms in total. The highest BCUT2D eigenvalue weighted by molar-refractivity contribution is 5.71. The van der Waals surface area contributed by atoms with E-state index >= 15 is 0 Å². The van der Waals surface area contributed by atoms with Crippen molar-refractivity contribution in [2.75, 3.05) is 13.2 Å². The van der Waals surface area contributed by atoms with Gasteiger partial charge in [0.25, 0.3) is 0 Å². The summed E-state index contributed by atoms with van der Waals surface area (Å²) in [6, 6.07) is 0. The zero-order valence-electron chi connectivity index (χ0n) is 37.7. The van der Waals surface area contributed by atoms with Crippen molar-refractivity contribution >= 4 is 17.9 Å². The van der Waals surface area contributed by atoms with Crippen LogP contribution in [0.4, 0.5) is 0 Å². The summed E-state index contributed by atoms with van der Waals surface area (Å²) in [5.74, 6) is -1.02. The van der Waals surface area contributed by atoms with Gasteiger partial charge >= 0.3 is 17.9 Å². The maximum Gasteiger partial charge on any atom is 0.306 e. The van der Waals surface area contributed by atoms with Gasteiger partial charge in [0.1, 0.15) is 13.2 Å². The predicted molar refractivity (Wildman–Crippen MR) is 251 cm³/mol. The molecule has 0 aliphatic rings. The molecule has 0 N–H and O–H groups in total. The van der Waals surface area contributed by atoms with E-state index in [4.69, 9.17) is 14.2 Å². The van der Waals surface area contributed by atoms with Crippen LogP contribution in [0.25, 0.3) is 0 Å². The molecule has 0 aromatic rings. The molecule has 0 amide bonds. The number of unbranched alkanes of at least 4 members (excludes halogenated alkanes) is 17. The molecule has 0 aliphatic heterocycles. The lowest BCUT2D eigenvalue weighted by Gasteiger charge is -2.18. The fourth-order valence-corrected chi connectivity index (χ4v) is 5.89. The Morgan fingerprint density at radius 3 is 1.17 bits per heavy atom. The van der Waals surface area contributed by atoms with Gasteiger partial charge in [0.05, 0.1) is 0 Å². The van der Waals surface area contributed by atoms with Gasteiger partial charge in [0.2, 0.25) is 0 Å². The molecule has 0 aromatic heterocycles. The van der Waals surface area contributed by atoms with Crippen LogP contribution in [0.5, 0.6) is 0 Å². The van der Waals surface area contributed by atoms with Crippen LogP contribution >= 0.6 is 0 Å². The minimum Gasteiger partial charge on any atom is -0.462 e. The second-order valence-corrected chi connectivity index (χ2v) is 15.1. The number of hydrogen-bond donors (Lipinski definition) is 0. The van der Waals surface area contributed by atoms with E-state index in [2.05, 4.69) is 57.2 Å². The molecule has 0 heterocycles. The first-order chi connectivity index (χ1) is 29.0. The van der Waals surface area contributed by atoms with Crippen LogP contribution in [-0.4, -0.2) is 37.2 Å². The SMILES string of the molecule is CC\C=C/C=C\C=C/C=C\C=C\C=C/C=C\CCCCCC(=O)OCC(COC(=O)CCC/C=C\CCCCCC)OC(=O)CCCCC/C=C\CCCCCCCC. The van der Waals surface area contributed by atoms with Gasteiger partial charge in [-0.15, -0.1) is 0 Å². The molecule has 1 unspecified atom stereocenters. The summed E-state index contributed by atoms with van der Waals surface area (Å²) in [6.07, 6.45) is 62.2. The average molecular weight is 817 g/mol. The van der Waals surface area contributed by atoms with E-state index in [-0.39, 0.29) is 37.5 Å². The molecule has 332 valence electrons. The lowest BCUT2D eigenvalue weighted by molar-refractivity contribution is -0.167. The van der Waals surface area contributed by atoms with Gasteiger partial charge in [0, 0.05) is 19.3 Å². The Morgan fingerprint density at radius 2 is 0.695 bits per heavy atom. The molecular weight excluding hydrogens is 733 g/mol. The monoisotopic (exact) mass is 817 g/mol. The Kier molecular flexibility index (Phi) is 43.6. The van der Waals surface area contributed by atoms with Gasteiger partial charge in [-0.1, -0.05) is 194 Å². The van der Waals surface area contributed by atoms with Crippen molar-refractivity contribution in [2.45, 2.75) is 194 Å². The fourth-order valence-electron chi connectivity index (χ4n) is 5.89. The quantitative estimate of drug-likeness (QED) is 0.0201. The molecule has 0 radical (unpaired) electrons. The summed E-state index contributed by atoms with van der Waals surface area (Å²) in [5, 5.41) is 0. The standard InChI is InChI=1S/C53H84O6/c1-4-7-10-13-16-19-21-23-24-25-26-27-28-30-31-34-37-40-43-46-52(55)58-49-50(48-57-51(54)45-42-39-36-33-18-15-12-9-6-3)59-53(56)47-44-41-38-35-32-29-22-20-17-14-11-8-5-2/h7,10,13,16,19,21,23-33,36,50H,4-6,8-9,11-12,14-15,17-18,20,22,34-35,37-49H2,1-3H3/b10-7-,16-13-,21-19-,24-23-,26-25+,28-27-,31-30-,32-29-,36-33-. The first-order valence-corrected chi connectivity index (χ1v) is 23.5. The maximum absolute atomic E-state index is 12.7. The summed E-state index contributed by atoms with van der Waals surface area (Å²) in [5.41, 5.74) is 0. The zero-order valence-corrected chi connectivity index (χ0v) is 37.7. The Labute approximate surface area is 361 Å². The molecule has 59 heavy (non-hydrogen) atoms. The van der Waals surface area contributed by atoms with Gasteiger partial charge in [-0.3, -0.25) is 14.4 Å². The third-order valence-corrected chi connectivity index (χ3v) is 9.43. The number of carbonyl (C=O) groups excluding carboxylic acids is 3. The van der Waals surface area contributed by atoms with E-state index in [9.17, 15) is 14.4 Å². The minimum atomic E-state index is -0.815. The molecular formula is C53H84O6. The van der Waals surface area contributed by atoms with E-state index in [1.807, 2.05) is 72.9 Å². The highest BCUT2D eigenvalue weighted by Gasteiger charge is 2.19. The number of esters is 3. The van der Waals surface area contributed by atoms with Crippen molar-refractivity contribution in [2.24, 2.45) is 0 Å². The molecule has 0 spiro atoms. The third-order valence-electron chi connectivity index (χ3n) is 9.43. The number of carbonyl (C=O) groups is 3. The summed E-state index contributed by atoms with van der Waals surface area (Å²) in [4.78, 5) is 37.7. The van der Waals surface area contributed by atoms with Crippen molar-refractivity contribution in [3.8, 4) is 0 Å². The summed E-state index contributed by atoms with van der Waals surface area (Å²) in [6.45, 7) is 6.34. The first kappa shape index (κ1) is 55.1. The van der Waals surface area contributed by atoms with Crippen molar-refractivity contribution in [1.29, 1.82) is 0 Å². The van der Waals surface area contributed by atoms with E-state index < -0.39 is 6.10 Å². The van der Waals surface area contributed by atoms with Gasteiger partial charge < -0.3 is 14.2 Å². The zero-order chi connectivity index (χ0) is 43.0. The molecule has 0 aliphatic carbocycles. The maximum atomic E-state index is 12.7. The number of allylic oxidation sites excluding steroid dienone is 18. The Morgan fingerprint density at radius 1 is 0.356 bits per heavy atom. The van der Waals surface area contributed by atoms with E-state index in [1.54, 1.807) is 0 Å². The molecule has 0 rings (SSSR count). The molecule has 6 heteroatoms. The number of hydrogen-bond acceptors (Lipinski definition) is 6. The summed E-state index contributed by atoms with van der Waals surface area (Å²) < 4.78 is 16.6. The average Bonchev–Trinajstić information content (AvgIpc) is 3.23. The predicted octanol–water partition coefficient (Wildman–Crippen LogP) is 15.2. The Balaban J connectivity index is 4.52. The number of rotatable bonds is 40. The van der Waals surface area contributed by atoms with Crippen molar-refractivity contribution in [3.63, 3.8) is 0 Å². The topological polar surface area (TPSA) is 78.9 Å². The van der Waals surface area contributed by atoms with Gasteiger partial charge in [-0.05, 0) is 83.5 Å². The van der Waals surface area contributed by atoms with Crippen molar-refractivity contribution < 1.29 is 28.6 Å². The highest BCUT2D eigenvalue weighted by atomic mass is 16.6.